The number of rotatable bonds is 4. The summed E-state index contributed by atoms with van der Waals surface area (Å²) in [6, 6.07) is 4.38. The number of hydrogen-bond donors (Lipinski definition) is 1. The number of ether oxygens (including phenoxy) is 1. The maximum absolute atomic E-state index is 6.20. The molecular weight excluding hydrogens is 238 g/mol. The van der Waals surface area contributed by atoms with Crippen molar-refractivity contribution in [1.29, 1.82) is 0 Å². The highest BCUT2D eigenvalue weighted by molar-refractivity contribution is 5.14. The van der Waals surface area contributed by atoms with Crippen molar-refractivity contribution in [1.82, 2.24) is 5.32 Å². The Balaban J connectivity index is 2.27. The molecule has 19 heavy (non-hydrogen) atoms. The lowest BCUT2D eigenvalue weighted by Gasteiger charge is -2.31. The monoisotopic (exact) mass is 265 g/mol. The molecule has 1 aliphatic heterocycles. The van der Waals surface area contributed by atoms with Gasteiger partial charge in [-0.1, -0.05) is 6.92 Å². The summed E-state index contributed by atoms with van der Waals surface area (Å²) in [5, 5.41) is 3.42. The molecule has 2 unspecified atom stereocenters. The molecule has 2 heterocycles. The van der Waals surface area contributed by atoms with Crippen molar-refractivity contribution < 1.29 is 9.15 Å². The third kappa shape index (κ3) is 2.87. The fourth-order valence-electron chi connectivity index (χ4n) is 3.42. The predicted molar refractivity (Wildman–Crippen MR) is 77.2 cm³/mol. The van der Waals surface area contributed by atoms with Crippen LogP contribution in [0.25, 0.3) is 0 Å². The lowest BCUT2D eigenvalue weighted by Crippen LogP contribution is -2.37. The van der Waals surface area contributed by atoms with Crippen LogP contribution in [0.1, 0.15) is 58.6 Å². The predicted octanol–water partition coefficient (Wildman–Crippen LogP) is 3.70. The van der Waals surface area contributed by atoms with Crippen LogP contribution in [0.4, 0.5) is 0 Å². The van der Waals surface area contributed by atoms with E-state index in [4.69, 9.17) is 9.15 Å². The second-order valence-corrected chi connectivity index (χ2v) is 6.70. The van der Waals surface area contributed by atoms with Crippen LogP contribution in [0.3, 0.4) is 0 Å². The second-order valence-electron chi connectivity index (χ2n) is 6.70. The van der Waals surface area contributed by atoms with Crippen molar-refractivity contribution in [3.05, 3.63) is 23.7 Å². The van der Waals surface area contributed by atoms with Gasteiger partial charge in [-0.15, -0.1) is 0 Å². The lowest BCUT2D eigenvalue weighted by molar-refractivity contribution is -0.0783. The number of aryl methyl sites for hydroxylation is 1. The van der Waals surface area contributed by atoms with Gasteiger partial charge in [0.1, 0.15) is 11.5 Å². The standard InChI is InChI=1S/C16H27NO2/c1-7-11-8-9-13(18-11)14(17-6)12-10-15(2,3)19-16(12,4)5/h8-9,12,14,17H,7,10H2,1-6H3. The van der Waals surface area contributed by atoms with Crippen molar-refractivity contribution in [3.63, 3.8) is 0 Å². The maximum atomic E-state index is 6.20. The van der Waals surface area contributed by atoms with Crippen molar-refractivity contribution in [2.45, 2.75) is 64.7 Å². The van der Waals surface area contributed by atoms with E-state index in [9.17, 15) is 0 Å². The lowest BCUT2D eigenvalue weighted by atomic mass is 9.81. The first-order valence-electron chi connectivity index (χ1n) is 7.25. The Morgan fingerprint density at radius 1 is 1.32 bits per heavy atom. The summed E-state index contributed by atoms with van der Waals surface area (Å²) in [5.74, 6) is 2.48. The fraction of sp³-hybridized carbons (Fsp3) is 0.750. The van der Waals surface area contributed by atoms with E-state index in [0.29, 0.717) is 5.92 Å². The maximum Gasteiger partial charge on any atom is 0.121 e. The van der Waals surface area contributed by atoms with Crippen molar-refractivity contribution in [2.24, 2.45) is 5.92 Å². The second kappa shape index (κ2) is 4.95. The van der Waals surface area contributed by atoms with Crippen LogP contribution >= 0.6 is 0 Å². The van der Waals surface area contributed by atoms with E-state index >= 15 is 0 Å². The van der Waals surface area contributed by atoms with E-state index < -0.39 is 0 Å². The van der Waals surface area contributed by atoms with Gasteiger partial charge in [0.25, 0.3) is 0 Å². The fourth-order valence-corrected chi connectivity index (χ4v) is 3.42. The van der Waals surface area contributed by atoms with E-state index in [2.05, 4.69) is 52.1 Å². The molecule has 0 saturated carbocycles. The minimum absolute atomic E-state index is 0.0660. The summed E-state index contributed by atoms with van der Waals surface area (Å²) in [6.45, 7) is 10.8. The normalized spacial score (nSPS) is 26.5. The van der Waals surface area contributed by atoms with Crippen LogP contribution in [0.15, 0.2) is 16.5 Å². The van der Waals surface area contributed by atoms with Gasteiger partial charge in [0.15, 0.2) is 0 Å². The van der Waals surface area contributed by atoms with Gasteiger partial charge in [0.05, 0.1) is 17.2 Å². The zero-order valence-corrected chi connectivity index (χ0v) is 13.0. The van der Waals surface area contributed by atoms with E-state index in [1.54, 1.807) is 0 Å². The molecule has 3 heteroatoms. The summed E-state index contributed by atoms with van der Waals surface area (Å²) >= 11 is 0. The molecule has 1 aliphatic rings. The minimum atomic E-state index is -0.143. The molecule has 3 nitrogen and oxygen atoms in total. The van der Waals surface area contributed by atoms with Crippen molar-refractivity contribution in [3.8, 4) is 0 Å². The highest BCUT2D eigenvalue weighted by Crippen LogP contribution is 2.47. The molecule has 0 bridgehead atoms. The summed E-state index contributed by atoms with van der Waals surface area (Å²) in [4.78, 5) is 0. The van der Waals surface area contributed by atoms with Gasteiger partial charge < -0.3 is 14.5 Å². The number of hydrogen-bond acceptors (Lipinski definition) is 3. The molecule has 0 spiro atoms. The Bertz CT molecular complexity index is 434. The Morgan fingerprint density at radius 3 is 2.42 bits per heavy atom. The number of furan rings is 1. The van der Waals surface area contributed by atoms with E-state index in [1.165, 1.54) is 0 Å². The highest BCUT2D eigenvalue weighted by atomic mass is 16.5. The Hall–Kier alpha value is -0.800. The summed E-state index contributed by atoms with van der Waals surface area (Å²) in [5.41, 5.74) is -0.209. The zero-order valence-electron chi connectivity index (χ0n) is 13.0. The molecule has 108 valence electrons. The Morgan fingerprint density at radius 2 is 2.00 bits per heavy atom. The van der Waals surface area contributed by atoms with Crippen molar-refractivity contribution in [2.75, 3.05) is 7.05 Å². The molecule has 1 aromatic heterocycles. The quantitative estimate of drug-likeness (QED) is 0.901. The molecule has 0 aliphatic carbocycles. The summed E-state index contributed by atoms with van der Waals surface area (Å²) in [6.07, 6.45) is 1.97. The average molecular weight is 265 g/mol. The molecule has 1 saturated heterocycles. The minimum Gasteiger partial charge on any atom is -0.464 e. The SMILES string of the molecule is CCc1ccc(C(NC)C2CC(C)(C)OC2(C)C)o1. The third-order valence-electron chi connectivity index (χ3n) is 4.19. The van der Waals surface area contributed by atoms with Crippen LogP contribution in [-0.2, 0) is 11.2 Å². The van der Waals surface area contributed by atoms with Gasteiger partial charge in [-0.2, -0.15) is 0 Å². The Labute approximate surface area is 116 Å². The molecule has 1 N–H and O–H groups in total. The first-order chi connectivity index (χ1) is 8.79. The van der Waals surface area contributed by atoms with Gasteiger partial charge in [0, 0.05) is 12.3 Å². The van der Waals surface area contributed by atoms with E-state index in [0.717, 1.165) is 24.4 Å². The van der Waals surface area contributed by atoms with Gasteiger partial charge in [-0.25, -0.2) is 0 Å². The molecular formula is C16H27NO2. The number of nitrogens with one attached hydrogen (secondary N) is 1. The van der Waals surface area contributed by atoms with Gasteiger partial charge >= 0.3 is 0 Å². The molecule has 1 aromatic rings. The van der Waals surface area contributed by atoms with Crippen LogP contribution in [-0.4, -0.2) is 18.2 Å². The molecule has 0 amide bonds. The molecule has 0 aromatic carbocycles. The first-order valence-corrected chi connectivity index (χ1v) is 7.25. The molecule has 2 atom stereocenters. The van der Waals surface area contributed by atoms with Gasteiger partial charge in [0.2, 0.25) is 0 Å². The van der Waals surface area contributed by atoms with Crippen LogP contribution < -0.4 is 5.32 Å². The Kier molecular flexibility index (Phi) is 3.80. The van der Waals surface area contributed by atoms with E-state index in [-0.39, 0.29) is 17.2 Å². The highest BCUT2D eigenvalue weighted by Gasteiger charge is 2.49. The third-order valence-corrected chi connectivity index (χ3v) is 4.19. The topological polar surface area (TPSA) is 34.4 Å². The van der Waals surface area contributed by atoms with Gasteiger partial charge in [-0.3, -0.25) is 0 Å². The van der Waals surface area contributed by atoms with Crippen LogP contribution in [0, 0.1) is 5.92 Å². The molecule has 2 rings (SSSR count). The summed E-state index contributed by atoms with van der Waals surface area (Å²) < 4.78 is 12.1. The van der Waals surface area contributed by atoms with Crippen molar-refractivity contribution >= 4 is 0 Å². The average Bonchev–Trinajstić information content (AvgIpc) is 2.83. The van der Waals surface area contributed by atoms with Gasteiger partial charge in [-0.05, 0) is 53.3 Å². The molecule has 0 radical (unpaired) electrons. The largest absolute Gasteiger partial charge is 0.464 e. The first kappa shape index (κ1) is 14.6. The molecule has 1 fully saturated rings. The smallest absolute Gasteiger partial charge is 0.121 e. The van der Waals surface area contributed by atoms with E-state index in [1.807, 2.05) is 7.05 Å². The zero-order chi connectivity index (χ0) is 14.3. The van der Waals surface area contributed by atoms with Crippen LogP contribution in [0.2, 0.25) is 0 Å². The van der Waals surface area contributed by atoms with Crippen LogP contribution in [0.5, 0.6) is 0 Å². The summed E-state index contributed by atoms with van der Waals surface area (Å²) in [7, 11) is 2.00.